The standard InChI is InChI=1S/C31H38N4O4S/c1-33(30(37)29-12-11-26(40-29)22-35-16-13-24(36)21-35)19-20-34-17-14-25(15-18-34)39-31(38)32-28-10-6-5-9-27(28)23-7-3-2-4-8-23/h2-12,24-25,36H,13-22H2,1H3,(H,32,38). The number of benzene rings is 2. The maximum absolute atomic E-state index is 13.0. The minimum absolute atomic E-state index is 0.0448. The molecule has 2 amide bonds. The Kier molecular flexibility index (Phi) is 9.49. The number of para-hydroxylation sites is 1. The van der Waals surface area contributed by atoms with Crippen LogP contribution in [-0.2, 0) is 11.3 Å². The highest BCUT2D eigenvalue weighted by molar-refractivity contribution is 7.14. The minimum Gasteiger partial charge on any atom is -0.446 e. The first-order valence-corrected chi connectivity index (χ1v) is 14.9. The molecule has 40 heavy (non-hydrogen) atoms. The monoisotopic (exact) mass is 562 g/mol. The van der Waals surface area contributed by atoms with Crippen molar-refractivity contribution in [2.75, 3.05) is 51.6 Å². The van der Waals surface area contributed by atoms with Crippen LogP contribution < -0.4 is 5.32 Å². The molecular formula is C31H38N4O4S. The first kappa shape index (κ1) is 28.3. The van der Waals surface area contributed by atoms with Crippen molar-refractivity contribution >= 4 is 29.0 Å². The number of aliphatic hydroxyl groups excluding tert-OH is 1. The molecule has 1 atom stereocenters. The number of rotatable bonds is 9. The molecule has 2 N–H and O–H groups in total. The van der Waals surface area contributed by atoms with Crippen LogP contribution in [0.2, 0.25) is 0 Å². The van der Waals surface area contributed by atoms with E-state index >= 15 is 0 Å². The van der Waals surface area contributed by atoms with Crippen molar-refractivity contribution in [2.45, 2.75) is 38.0 Å². The van der Waals surface area contributed by atoms with E-state index in [4.69, 9.17) is 4.74 Å². The van der Waals surface area contributed by atoms with E-state index in [9.17, 15) is 14.7 Å². The van der Waals surface area contributed by atoms with Crippen molar-refractivity contribution in [3.8, 4) is 11.1 Å². The number of amides is 2. The number of likely N-dealkylation sites (tertiary alicyclic amines) is 2. The van der Waals surface area contributed by atoms with Crippen molar-refractivity contribution in [3.63, 3.8) is 0 Å². The van der Waals surface area contributed by atoms with Crippen LogP contribution >= 0.6 is 11.3 Å². The third kappa shape index (κ3) is 7.48. The van der Waals surface area contributed by atoms with Gasteiger partial charge >= 0.3 is 6.09 Å². The molecule has 212 valence electrons. The normalized spacial score (nSPS) is 18.5. The number of piperidine rings is 1. The number of β-amino-alcohol motifs (C(OH)–C–C–N with tert-alkyl or cyclic N) is 1. The fourth-order valence-corrected chi connectivity index (χ4v) is 6.38. The number of carbonyl (C=O) groups is 2. The van der Waals surface area contributed by atoms with Crippen molar-refractivity contribution in [1.82, 2.24) is 14.7 Å². The van der Waals surface area contributed by atoms with Crippen LogP contribution in [0, 0.1) is 0 Å². The molecule has 3 aromatic rings. The van der Waals surface area contributed by atoms with E-state index in [0.717, 1.165) is 78.6 Å². The summed E-state index contributed by atoms with van der Waals surface area (Å²) in [7, 11) is 1.85. The number of hydrogen-bond donors (Lipinski definition) is 2. The van der Waals surface area contributed by atoms with Gasteiger partial charge in [-0.25, -0.2) is 4.79 Å². The number of anilines is 1. The van der Waals surface area contributed by atoms with Gasteiger partial charge in [-0.1, -0.05) is 48.5 Å². The topological polar surface area (TPSA) is 85.4 Å². The van der Waals surface area contributed by atoms with Crippen LogP contribution in [0.5, 0.6) is 0 Å². The lowest BCUT2D eigenvalue weighted by Gasteiger charge is -2.32. The van der Waals surface area contributed by atoms with E-state index < -0.39 is 6.09 Å². The Morgan fingerprint density at radius 1 is 0.975 bits per heavy atom. The summed E-state index contributed by atoms with van der Waals surface area (Å²) in [5.41, 5.74) is 2.73. The molecule has 2 aromatic carbocycles. The lowest BCUT2D eigenvalue weighted by atomic mass is 10.0. The number of thiophene rings is 1. The van der Waals surface area contributed by atoms with Crippen LogP contribution in [0.25, 0.3) is 11.1 Å². The summed E-state index contributed by atoms with van der Waals surface area (Å²) in [6.45, 7) is 5.47. The molecule has 2 saturated heterocycles. The molecule has 0 bridgehead atoms. The predicted molar refractivity (Wildman–Crippen MR) is 159 cm³/mol. The molecule has 0 radical (unpaired) electrons. The smallest absolute Gasteiger partial charge is 0.411 e. The molecule has 1 aromatic heterocycles. The molecule has 9 heteroatoms. The second-order valence-corrected chi connectivity index (χ2v) is 11.8. The van der Waals surface area contributed by atoms with Crippen molar-refractivity contribution in [3.05, 3.63) is 76.5 Å². The third-order valence-corrected chi connectivity index (χ3v) is 8.71. The lowest BCUT2D eigenvalue weighted by molar-refractivity contribution is 0.0541. The summed E-state index contributed by atoms with van der Waals surface area (Å²) in [4.78, 5) is 33.9. The number of hydrogen-bond acceptors (Lipinski definition) is 7. The van der Waals surface area contributed by atoms with Gasteiger partial charge in [-0.3, -0.25) is 15.0 Å². The van der Waals surface area contributed by atoms with E-state index in [-0.39, 0.29) is 18.1 Å². The van der Waals surface area contributed by atoms with E-state index in [1.807, 2.05) is 73.8 Å². The molecule has 0 saturated carbocycles. The van der Waals surface area contributed by atoms with Crippen LogP contribution in [0.1, 0.15) is 33.8 Å². The summed E-state index contributed by atoms with van der Waals surface area (Å²) < 4.78 is 5.75. The van der Waals surface area contributed by atoms with Gasteiger partial charge < -0.3 is 19.6 Å². The van der Waals surface area contributed by atoms with Crippen LogP contribution in [0.15, 0.2) is 66.7 Å². The quantitative estimate of drug-likeness (QED) is 0.391. The lowest BCUT2D eigenvalue weighted by Crippen LogP contribution is -2.42. The van der Waals surface area contributed by atoms with Gasteiger partial charge in [0.25, 0.3) is 5.91 Å². The molecule has 1 unspecified atom stereocenters. The number of carbonyl (C=O) groups excluding carboxylic acids is 2. The first-order chi connectivity index (χ1) is 19.4. The minimum atomic E-state index is -0.427. The van der Waals surface area contributed by atoms with Gasteiger partial charge in [0.05, 0.1) is 16.7 Å². The highest BCUT2D eigenvalue weighted by Gasteiger charge is 2.24. The molecule has 3 heterocycles. The zero-order valence-corrected chi connectivity index (χ0v) is 23.8. The van der Waals surface area contributed by atoms with Crippen LogP contribution in [0.4, 0.5) is 10.5 Å². The van der Waals surface area contributed by atoms with Crippen molar-refractivity contribution < 1.29 is 19.4 Å². The average molecular weight is 563 g/mol. The average Bonchev–Trinajstić information content (AvgIpc) is 3.61. The van der Waals surface area contributed by atoms with Crippen molar-refractivity contribution in [2.24, 2.45) is 0 Å². The van der Waals surface area contributed by atoms with Crippen LogP contribution in [-0.4, -0.2) is 90.3 Å². The maximum Gasteiger partial charge on any atom is 0.411 e. The van der Waals surface area contributed by atoms with E-state index in [1.165, 1.54) is 0 Å². The summed E-state index contributed by atoms with van der Waals surface area (Å²) >= 11 is 1.54. The van der Waals surface area contributed by atoms with E-state index in [0.29, 0.717) is 13.1 Å². The predicted octanol–water partition coefficient (Wildman–Crippen LogP) is 4.77. The Bertz CT molecular complexity index is 1280. The van der Waals surface area contributed by atoms with E-state index in [1.54, 1.807) is 16.2 Å². The molecule has 0 aliphatic carbocycles. The zero-order chi connectivity index (χ0) is 27.9. The van der Waals surface area contributed by atoms with Gasteiger partial charge in [0.1, 0.15) is 6.10 Å². The molecular weight excluding hydrogens is 524 g/mol. The maximum atomic E-state index is 13.0. The Morgan fingerprint density at radius 2 is 1.70 bits per heavy atom. The van der Waals surface area contributed by atoms with E-state index in [2.05, 4.69) is 15.1 Å². The fourth-order valence-electron chi connectivity index (χ4n) is 5.34. The highest BCUT2D eigenvalue weighted by Crippen LogP contribution is 2.28. The highest BCUT2D eigenvalue weighted by atomic mass is 32.1. The number of nitrogens with zero attached hydrogens (tertiary/aromatic N) is 3. The zero-order valence-electron chi connectivity index (χ0n) is 23.0. The number of ether oxygens (including phenoxy) is 1. The number of likely N-dealkylation sites (N-methyl/N-ethyl adjacent to an activating group) is 1. The van der Waals surface area contributed by atoms with Gasteiger partial charge in [0.15, 0.2) is 0 Å². The molecule has 2 fully saturated rings. The Labute approximate surface area is 240 Å². The Balaban J connectivity index is 1.03. The van der Waals surface area contributed by atoms with Gasteiger partial charge in [-0.15, -0.1) is 11.3 Å². The summed E-state index contributed by atoms with van der Waals surface area (Å²) in [6, 6.07) is 21.7. The largest absolute Gasteiger partial charge is 0.446 e. The van der Waals surface area contributed by atoms with Crippen LogP contribution in [0.3, 0.4) is 0 Å². The first-order valence-electron chi connectivity index (χ1n) is 14.0. The SMILES string of the molecule is CN(CCN1CCC(OC(=O)Nc2ccccc2-c2ccccc2)CC1)C(=O)c1ccc(CN2CCC(O)C2)s1. The molecule has 8 nitrogen and oxygen atoms in total. The summed E-state index contributed by atoms with van der Waals surface area (Å²) in [5.74, 6) is 0.0448. The second-order valence-electron chi connectivity index (χ2n) is 10.7. The number of aliphatic hydroxyl groups is 1. The summed E-state index contributed by atoms with van der Waals surface area (Å²) in [6.07, 6.45) is 1.57. The second kappa shape index (κ2) is 13.4. The molecule has 2 aliphatic rings. The van der Waals surface area contributed by atoms with Gasteiger partial charge in [0, 0.05) is 63.3 Å². The van der Waals surface area contributed by atoms with Gasteiger partial charge in [-0.05, 0) is 43.0 Å². The van der Waals surface area contributed by atoms with Gasteiger partial charge in [0.2, 0.25) is 0 Å². The summed E-state index contributed by atoms with van der Waals surface area (Å²) in [5, 5.41) is 12.7. The fraction of sp³-hybridized carbons (Fsp3) is 0.419. The van der Waals surface area contributed by atoms with Gasteiger partial charge in [-0.2, -0.15) is 0 Å². The molecule has 5 rings (SSSR count). The molecule has 0 spiro atoms. The third-order valence-electron chi connectivity index (χ3n) is 7.65. The molecule has 2 aliphatic heterocycles. The Hall–Kier alpha value is -3.24. The van der Waals surface area contributed by atoms with Crippen molar-refractivity contribution in [1.29, 1.82) is 0 Å². The Morgan fingerprint density at radius 3 is 2.45 bits per heavy atom. The number of nitrogens with one attached hydrogen (secondary N) is 1.